The third kappa shape index (κ3) is 2.10. The predicted molar refractivity (Wildman–Crippen MR) is 44.7 cm³/mol. The number of likely N-dealkylation sites (tertiary alicyclic amines) is 1. The lowest BCUT2D eigenvalue weighted by Gasteiger charge is -2.14. The summed E-state index contributed by atoms with van der Waals surface area (Å²) >= 11 is -0.772. The van der Waals surface area contributed by atoms with Gasteiger partial charge in [-0.15, -0.1) is 0 Å². The van der Waals surface area contributed by atoms with Crippen LogP contribution < -0.4 is 0 Å². The second kappa shape index (κ2) is 3.45. The molecule has 1 rings (SSSR count). The fraction of sp³-hybridized carbons (Fsp3) is 0.857. The number of carbonyl (C=O) groups excluding carboxylic acids is 1. The Balaban J connectivity index is 2.41. The van der Waals surface area contributed by atoms with Crippen LogP contribution in [0.25, 0.3) is 0 Å². The van der Waals surface area contributed by atoms with E-state index >= 15 is 0 Å². The van der Waals surface area contributed by atoms with Crippen LogP contribution in [0.4, 0.5) is 0 Å². The molecule has 1 amide bonds. The molecule has 0 bridgehead atoms. The van der Waals surface area contributed by atoms with Crippen LogP contribution in [0.1, 0.15) is 13.3 Å². The lowest BCUT2D eigenvalue weighted by molar-refractivity contribution is -0.127. The van der Waals surface area contributed by atoms with Gasteiger partial charge in [-0.25, -0.2) is 0 Å². The van der Waals surface area contributed by atoms with Crippen LogP contribution in [0.2, 0.25) is 0 Å². The summed E-state index contributed by atoms with van der Waals surface area (Å²) in [6, 6.07) is 0. The SMILES string of the molecule is CC(=O)N1CCC([S+](C)[O-])C1. The molecular weight excluding hydrogens is 162 g/mol. The topological polar surface area (TPSA) is 43.4 Å². The minimum Gasteiger partial charge on any atom is -0.616 e. The van der Waals surface area contributed by atoms with Gasteiger partial charge in [0, 0.05) is 19.9 Å². The average molecular weight is 175 g/mol. The molecule has 0 aliphatic carbocycles. The first kappa shape index (κ1) is 8.87. The molecule has 0 aromatic carbocycles. The van der Waals surface area contributed by atoms with Crippen LogP contribution >= 0.6 is 0 Å². The van der Waals surface area contributed by atoms with Crippen molar-refractivity contribution in [3.05, 3.63) is 0 Å². The molecule has 1 aliphatic rings. The number of hydrogen-bond acceptors (Lipinski definition) is 2. The van der Waals surface area contributed by atoms with Crippen molar-refractivity contribution < 1.29 is 9.35 Å². The molecule has 1 heterocycles. The highest BCUT2D eigenvalue weighted by Gasteiger charge is 2.30. The van der Waals surface area contributed by atoms with E-state index < -0.39 is 11.2 Å². The predicted octanol–water partition coefficient (Wildman–Crippen LogP) is -0.0143. The number of rotatable bonds is 1. The number of amides is 1. The van der Waals surface area contributed by atoms with Crippen molar-refractivity contribution in [1.82, 2.24) is 4.90 Å². The molecule has 2 unspecified atom stereocenters. The Labute approximate surface area is 69.9 Å². The Morgan fingerprint density at radius 1 is 1.73 bits per heavy atom. The Kier molecular flexibility index (Phi) is 2.78. The van der Waals surface area contributed by atoms with Crippen LogP contribution in [0, 0.1) is 0 Å². The molecule has 0 radical (unpaired) electrons. The minimum absolute atomic E-state index is 0.0953. The molecule has 0 N–H and O–H groups in total. The maximum Gasteiger partial charge on any atom is 0.219 e. The van der Waals surface area contributed by atoms with Gasteiger partial charge in [0.05, 0.1) is 12.8 Å². The van der Waals surface area contributed by atoms with Crippen LogP contribution in [-0.2, 0) is 16.0 Å². The zero-order valence-corrected chi connectivity index (χ0v) is 7.69. The number of carbonyl (C=O) groups is 1. The van der Waals surface area contributed by atoms with E-state index in [4.69, 9.17) is 0 Å². The fourth-order valence-electron chi connectivity index (χ4n) is 1.29. The van der Waals surface area contributed by atoms with Gasteiger partial charge in [-0.3, -0.25) is 4.79 Å². The van der Waals surface area contributed by atoms with Gasteiger partial charge in [-0.05, 0) is 0 Å². The van der Waals surface area contributed by atoms with E-state index in [0.717, 1.165) is 13.0 Å². The zero-order chi connectivity index (χ0) is 8.43. The first-order valence-electron chi connectivity index (χ1n) is 3.69. The Bertz CT molecular complexity index is 161. The molecular formula is C7H13NO2S. The second-order valence-corrected chi connectivity index (χ2v) is 4.54. The van der Waals surface area contributed by atoms with Gasteiger partial charge >= 0.3 is 0 Å². The van der Waals surface area contributed by atoms with E-state index in [-0.39, 0.29) is 11.2 Å². The third-order valence-electron chi connectivity index (χ3n) is 2.06. The van der Waals surface area contributed by atoms with Crippen LogP contribution in [-0.4, -0.2) is 40.0 Å². The molecule has 0 saturated carbocycles. The summed E-state index contributed by atoms with van der Waals surface area (Å²) in [4.78, 5) is 12.6. The third-order valence-corrected chi connectivity index (χ3v) is 3.38. The van der Waals surface area contributed by atoms with Crippen LogP contribution in [0.5, 0.6) is 0 Å². The van der Waals surface area contributed by atoms with Crippen molar-refractivity contribution in [2.75, 3.05) is 19.3 Å². The quantitative estimate of drug-likeness (QED) is 0.526. The van der Waals surface area contributed by atoms with Crippen molar-refractivity contribution >= 4 is 17.1 Å². The Morgan fingerprint density at radius 2 is 2.36 bits per heavy atom. The highest BCUT2D eigenvalue weighted by atomic mass is 32.2. The van der Waals surface area contributed by atoms with Crippen molar-refractivity contribution in [3.63, 3.8) is 0 Å². The Hall–Kier alpha value is -0.220. The summed E-state index contributed by atoms with van der Waals surface area (Å²) in [7, 11) is 0. The molecule has 64 valence electrons. The van der Waals surface area contributed by atoms with Gasteiger partial charge in [-0.1, -0.05) is 11.2 Å². The van der Waals surface area contributed by atoms with Gasteiger partial charge in [0.15, 0.2) is 0 Å². The normalized spacial score (nSPS) is 27.2. The lowest BCUT2D eigenvalue weighted by atomic mass is 10.4. The number of hydrogen-bond donors (Lipinski definition) is 0. The fourth-order valence-corrected chi connectivity index (χ4v) is 2.11. The van der Waals surface area contributed by atoms with E-state index in [2.05, 4.69) is 0 Å². The Morgan fingerprint density at radius 3 is 2.64 bits per heavy atom. The lowest BCUT2D eigenvalue weighted by Crippen LogP contribution is -2.29. The van der Waals surface area contributed by atoms with Crippen molar-refractivity contribution in [3.8, 4) is 0 Å². The maximum absolute atomic E-state index is 11.0. The summed E-state index contributed by atoms with van der Waals surface area (Å²) in [6.45, 7) is 3.01. The van der Waals surface area contributed by atoms with Gasteiger partial charge < -0.3 is 9.45 Å². The molecule has 11 heavy (non-hydrogen) atoms. The molecule has 0 aromatic rings. The van der Waals surface area contributed by atoms with Gasteiger partial charge in [0.25, 0.3) is 0 Å². The van der Waals surface area contributed by atoms with Crippen LogP contribution in [0.15, 0.2) is 0 Å². The summed E-state index contributed by atoms with van der Waals surface area (Å²) in [5.41, 5.74) is 0. The number of nitrogens with zero attached hydrogens (tertiary/aromatic N) is 1. The monoisotopic (exact) mass is 175 g/mol. The highest BCUT2D eigenvalue weighted by molar-refractivity contribution is 7.91. The highest BCUT2D eigenvalue weighted by Crippen LogP contribution is 2.15. The average Bonchev–Trinajstić information content (AvgIpc) is 2.33. The second-order valence-electron chi connectivity index (χ2n) is 2.87. The smallest absolute Gasteiger partial charge is 0.219 e. The molecule has 1 saturated heterocycles. The summed E-state index contributed by atoms with van der Waals surface area (Å²) < 4.78 is 11.0. The first-order chi connectivity index (χ1) is 5.11. The van der Waals surface area contributed by atoms with E-state index in [1.165, 1.54) is 0 Å². The standard InChI is InChI=1S/C7H13NO2S/c1-6(9)8-4-3-7(5-8)11(2)10/h7H,3-5H2,1-2H3. The maximum atomic E-state index is 11.0. The molecule has 2 atom stereocenters. The zero-order valence-electron chi connectivity index (χ0n) is 6.87. The molecule has 1 fully saturated rings. The summed E-state index contributed by atoms with van der Waals surface area (Å²) in [6.07, 6.45) is 2.59. The van der Waals surface area contributed by atoms with E-state index in [0.29, 0.717) is 6.54 Å². The summed E-state index contributed by atoms with van der Waals surface area (Å²) in [5, 5.41) is 0.207. The van der Waals surface area contributed by atoms with Crippen molar-refractivity contribution in [2.24, 2.45) is 0 Å². The molecule has 1 aliphatic heterocycles. The minimum atomic E-state index is -0.772. The largest absolute Gasteiger partial charge is 0.616 e. The van der Waals surface area contributed by atoms with Gasteiger partial charge in [0.1, 0.15) is 5.25 Å². The molecule has 3 nitrogen and oxygen atoms in total. The van der Waals surface area contributed by atoms with Gasteiger partial charge in [-0.2, -0.15) is 0 Å². The van der Waals surface area contributed by atoms with E-state index in [1.807, 2.05) is 0 Å². The summed E-state index contributed by atoms with van der Waals surface area (Å²) in [5.74, 6) is 0.0953. The van der Waals surface area contributed by atoms with Gasteiger partial charge in [0.2, 0.25) is 5.91 Å². The molecule has 4 heteroatoms. The van der Waals surface area contributed by atoms with E-state index in [9.17, 15) is 9.35 Å². The van der Waals surface area contributed by atoms with Crippen molar-refractivity contribution in [2.45, 2.75) is 18.6 Å². The van der Waals surface area contributed by atoms with Crippen molar-refractivity contribution in [1.29, 1.82) is 0 Å². The first-order valence-corrected chi connectivity index (χ1v) is 5.31. The van der Waals surface area contributed by atoms with E-state index in [1.54, 1.807) is 18.1 Å². The molecule has 0 aromatic heterocycles. The van der Waals surface area contributed by atoms with Crippen LogP contribution in [0.3, 0.4) is 0 Å². The molecule has 0 spiro atoms.